The minimum atomic E-state index is -5.14. The van der Waals surface area contributed by atoms with E-state index in [4.69, 9.17) is 0 Å². The Bertz CT molecular complexity index is 2830. The van der Waals surface area contributed by atoms with Crippen molar-refractivity contribution >= 4 is 49.3 Å². The molecule has 0 atom stereocenters. The average molecular weight is 899 g/mol. The van der Waals surface area contributed by atoms with Crippen LogP contribution in [-0.2, 0) is 49.5 Å². The molecule has 6 aromatic carbocycles. The Hall–Kier alpha value is -4.95. The Balaban J connectivity index is 1.08. The topological polar surface area (TPSA) is 92.3 Å². The van der Waals surface area contributed by atoms with Gasteiger partial charge >= 0.3 is 323 Å². The molecule has 8 rings (SSSR count). The van der Waals surface area contributed by atoms with Gasteiger partial charge in [-0.25, -0.2) is 0 Å². The summed E-state index contributed by atoms with van der Waals surface area (Å²) in [5.41, 5.74) is 0.204. The van der Waals surface area contributed by atoms with Crippen LogP contribution in [0.5, 0.6) is 0 Å². The molecule has 0 bridgehead atoms. The molecule has 13 heteroatoms. The van der Waals surface area contributed by atoms with Gasteiger partial charge in [0, 0.05) is 0 Å². The fourth-order valence-electron chi connectivity index (χ4n) is 8.50. The molecule has 0 fully saturated rings. The molecule has 0 unspecified atom stereocenters. The van der Waals surface area contributed by atoms with Crippen molar-refractivity contribution in [1.29, 1.82) is 0 Å². The maximum atomic E-state index is 17.3. The van der Waals surface area contributed by atoms with E-state index < -0.39 is 59.9 Å². The second-order valence-electron chi connectivity index (χ2n) is 15.2. The summed E-state index contributed by atoms with van der Waals surface area (Å²) >= 11 is -5.14. The molecule has 0 spiro atoms. The zero-order valence-corrected chi connectivity index (χ0v) is 36.2. The molecule has 6 aromatic rings. The number of halogens is 4. The molecule has 6 nitrogen and oxygen atoms in total. The third kappa shape index (κ3) is 8.50. The number of hydrogen-bond acceptors (Lipinski definition) is 4. The van der Waals surface area contributed by atoms with E-state index >= 15 is 17.6 Å². The van der Waals surface area contributed by atoms with Crippen LogP contribution in [0.15, 0.2) is 163 Å². The van der Waals surface area contributed by atoms with Crippen molar-refractivity contribution in [2.45, 2.75) is 48.3 Å². The summed E-state index contributed by atoms with van der Waals surface area (Å²) in [6.45, 7) is -0.0799. The summed E-state index contributed by atoms with van der Waals surface area (Å²) < 4.78 is 126. The predicted octanol–water partition coefficient (Wildman–Crippen LogP) is 9.16. The van der Waals surface area contributed by atoms with Crippen LogP contribution in [0.1, 0.15) is 36.8 Å². The summed E-state index contributed by atoms with van der Waals surface area (Å²) in [5.74, 6) is -3.62. The molecule has 0 saturated carbocycles. The van der Waals surface area contributed by atoms with E-state index in [1.807, 2.05) is 48.5 Å². The van der Waals surface area contributed by atoms with Gasteiger partial charge in [0.15, 0.2) is 0 Å². The minimum absolute atomic E-state index is 0.0202. The fourth-order valence-corrected chi connectivity index (χ4v) is 19.1. The van der Waals surface area contributed by atoms with Crippen molar-refractivity contribution in [3.05, 3.63) is 188 Å². The van der Waals surface area contributed by atoms with Crippen LogP contribution in [-0.4, -0.2) is 29.9 Å². The molecule has 0 amide bonds. The van der Waals surface area contributed by atoms with Gasteiger partial charge in [-0.2, -0.15) is 0 Å². The third-order valence-corrected chi connectivity index (χ3v) is 22.3. The van der Waals surface area contributed by atoms with E-state index in [2.05, 4.69) is 9.44 Å². The maximum absolute atomic E-state index is 17.3. The first-order valence-corrected chi connectivity index (χ1v) is 26.1. The number of hydrogen-bond donors (Lipinski definition) is 2. The first-order valence-electron chi connectivity index (χ1n) is 20.0. The fraction of sp³-hybridized carbons (Fsp3) is 0.167. The number of nitrogens with one attached hydrogen (secondary N) is 2. The molecule has 0 aliphatic heterocycles. The predicted molar refractivity (Wildman–Crippen MR) is 231 cm³/mol. The van der Waals surface area contributed by atoms with Crippen molar-refractivity contribution in [3.8, 4) is 0 Å². The molecule has 2 aliphatic carbocycles. The number of rotatable bonds is 16. The molecule has 61 heavy (non-hydrogen) atoms. The van der Waals surface area contributed by atoms with Crippen LogP contribution in [0.4, 0.5) is 17.6 Å². The quantitative estimate of drug-likeness (QED) is 0.0576. The van der Waals surface area contributed by atoms with Crippen molar-refractivity contribution in [2.24, 2.45) is 0 Å². The Morgan fingerprint density at radius 3 is 1.31 bits per heavy atom. The van der Waals surface area contributed by atoms with Crippen LogP contribution in [0.25, 0.3) is 21.5 Å². The Morgan fingerprint density at radius 2 is 0.918 bits per heavy atom. The summed E-state index contributed by atoms with van der Waals surface area (Å²) in [6.07, 6.45) is 11.4. The SMILES string of the molecule is O=S(=O)(NCCCc1ccc(F)[c]([Ti]([C]2=CC=CC2)([C]2=CC=CC2)[c]2c(F)ccc(CCCNS(=O)(=O)c3ccc4ccccc4c3)c2F)c1F)c1ccc2ccccc2c1. The second kappa shape index (κ2) is 17.8. The summed E-state index contributed by atoms with van der Waals surface area (Å²) in [7, 11) is -7.81. The van der Waals surface area contributed by atoms with Crippen molar-refractivity contribution in [2.75, 3.05) is 13.1 Å². The van der Waals surface area contributed by atoms with Crippen LogP contribution in [0.2, 0.25) is 0 Å². The van der Waals surface area contributed by atoms with Gasteiger partial charge in [0.1, 0.15) is 0 Å². The average Bonchev–Trinajstić information content (AvgIpc) is 4.01. The second-order valence-corrected chi connectivity index (χ2v) is 24.7. The first kappa shape index (κ1) is 42.7. The first-order chi connectivity index (χ1) is 29.4. The zero-order chi connectivity index (χ0) is 42.8. The van der Waals surface area contributed by atoms with Gasteiger partial charge in [-0.1, -0.05) is 36.4 Å². The van der Waals surface area contributed by atoms with Crippen molar-refractivity contribution in [3.63, 3.8) is 0 Å². The van der Waals surface area contributed by atoms with E-state index in [0.29, 0.717) is 7.76 Å². The summed E-state index contributed by atoms with van der Waals surface area (Å²) in [6, 6.07) is 29.3. The number of aryl methyl sites for hydroxylation is 2. The summed E-state index contributed by atoms with van der Waals surface area (Å²) in [5, 5.41) is 3.31. The van der Waals surface area contributed by atoms with Crippen molar-refractivity contribution < 1.29 is 51.0 Å². The number of fused-ring (bicyclic) bond motifs is 2. The van der Waals surface area contributed by atoms with E-state index in [-0.39, 0.29) is 80.3 Å². The normalized spacial score (nSPS) is 14.3. The Morgan fingerprint density at radius 1 is 0.508 bits per heavy atom. The van der Waals surface area contributed by atoms with Gasteiger partial charge < -0.3 is 0 Å². The number of allylic oxidation sites excluding steroid dienone is 8. The van der Waals surface area contributed by atoms with E-state index in [9.17, 15) is 16.8 Å². The van der Waals surface area contributed by atoms with E-state index in [0.717, 1.165) is 33.7 Å². The zero-order valence-electron chi connectivity index (χ0n) is 33.0. The molecule has 312 valence electrons. The van der Waals surface area contributed by atoms with Gasteiger partial charge in [-0.3, -0.25) is 0 Å². The molecular weight excluding hydrogens is 857 g/mol. The monoisotopic (exact) mass is 898 g/mol. The van der Waals surface area contributed by atoms with Crippen LogP contribution in [0, 0.1) is 23.3 Å². The van der Waals surface area contributed by atoms with Crippen LogP contribution < -0.4 is 17.2 Å². The van der Waals surface area contributed by atoms with Gasteiger partial charge in [0.05, 0.1) is 0 Å². The molecule has 0 aromatic heterocycles. The number of benzene rings is 6. The molecular formula is C48H42F4N2O4S2Ti. The van der Waals surface area contributed by atoms with Gasteiger partial charge in [-0.05, 0) is 0 Å². The Kier molecular flexibility index (Phi) is 12.5. The van der Waals surface area contributed by atoms with Crippen LogP contribution in [0.3, 0.4) is 0 Å². The molecule has 0 heterocycles. The van der Waals surface area contributed by atoms with E-state index in [1.54, 1.807) is 60.7 Å². The molecule has 2 aliphatic rings. The standard InChI is InChI=1S/2C19H16F2NO2S.2C5H5.Ti/c2*20-17-9-7-15(19(21)13-17)6-3-11-22-25(23,24)18-10-8-14-4-1-2-5-16(14)12-18;2*1-2-4-5-3-1;/h2*1-2,4-5,7-10,12,22H,3,6,11H2;2*1-3H,4H2;. The van der Waals surface area contributed by atoms with Gasteiger partial charge in [0.2, 0.25) is 0 Å². The molecule has 0 saturated heterocycles. The Labute approximate surface area is 356 Å². The van der Waals surface area contributed by atoms with Crippen LogP contribution >= 0.6 is 0 Å². The molecule has 0 radical (unpaired) electrons. The van der Waals surface area contributed by atoms with E-state index in [1.165, 1.54) is 24.3 Å². The van der Waals surface area contributed by atoms with Crippen molar-refractivity contribution in [1.82, 2.24) is 9.44 Å². The van der Waals surface area contributed by atoms with Gasteiger partial charge in [-0.15, -0.1) is 0 Å². The summed E-state index contributed by atoms with van der Waals surface area (Å²) in [4.78, 5) is 0.176. The van der Waals surface area contributed by atoms with Gasteiger partial charge in [0.25, 0.3) is 0 Å². The molecule has 2 N–H and O–H groups in total. The number of sulfonamides is 2. The third-order valence-electron chi connectivity index (χ3n) is 11.5.